The molecule has 5 heteroatoms. The molecule has 0 spiro atoms. The fourth-order valence-electron chi connectivity index (χ4n) is 1.74. The van der Waals surface area contributed by atoms with Gasteiger partial charge in [0.05, 0.1) is 0 Å². The molecular formula is C11H12BrN3O. The fourth-order valence-corrected chi connectivity index (χ4v) is 2.22. The molecule has 0 aliphatic heterocycles. The van der Waals surface area contributed by atoms with Gasteiger partial charge in [-0.25, -0.2) is 5.84 Å². The Morgan fingerprint density at radius 2 is 2.25 bits per heavy atom. The van der Waals surface area contributed by atoms with Gasteiger partial charge in [0.15, 0.2) is 0 Å². The smallest absolute Gasteiger partial charge is 0.256 e. The van der Waals surface area contributed by atoms with Crippen molar-refractivity contribution >= 4 is 32.7 Å². The maximum absolute atomic E-state index is 11.5. The van der Waals surface area contributed by atoms with Crippen LogP contribution in [0.2, 0.25) is 0 Å². The lowest BCUT2D eigenvalue weighted by molar-refractivity contribution is -0.123. The maximum atomic E-state index is 11.5. The molecule has 0 aliphatic carbocycles. The Kier molecular flexibility index (Phi) is 2.98. The van der Waals surface area contributed by atoms with E-state index in [9.17, 15) is 4.79 Å². The summed E-state index contributed by atoms with van der Waals surface area (Å²) < 4.78 is 2.91. The van der Waals surface area contributed by atoms with E-state index in [4.69, 9.17) is 5.84 Å². The lowest BCUT2D eigenvalue weighted by Gasteiger charge is -2.13. The zero-order chi connectivity index (χ0) is 11.7. The number of carbonyl (C=O) groups excluding carboxylic acids is 1. The molecule has 1 atom stereocenters. The van der Waals surface area contributed by atoms with Crippen molar-refractivity contribution in [3.05, 3.63) is 34.9 Å². The molecule has 0 saturated carbocycles. The second-order valence-corrected chi connectivity index (χ2v) is 4.43. The molecule has 0 radical (unpaired) electrons. The van der Waals surface area contributed by atoms with Gasteiger partial charge < -0.3 is 4.57 Å². The quantitative estimate of drug-likeness (QED) is 0.502. The van der Waals surface area contributed by atoms with Gasteiger partial charge in [-0.1, -0.05) is 22.0 Å². The zero-order valence-corrected chi connectivity index (χ0v) is 10.4. The first-order chi connectivity index (χ1) is 7.65. The summed E-state index contributed by atoms with van der Waals surface area (Å²) in [6.07, 6.45) is 1.88. The predicted octanol–water partition coefficient (Wildman–Crippen LogP) is 1.95. The number of hydrazine groups is 1. The number of hydrogen-bond acceptors (Lipinski definition) is 2. The topological polar surface area (TPSA) is 60.1 Å². The summed E-state index contributed by atoms with van der Waals surface area (Å²) in [6.45, 7) is 1.81. The summed E-state index contributed by atoms with van der Waals surface area (Å²) in [7, 11) is 0. The SMILES string of the molecule is CC(C(=O)NN)n1ccc2c(Br)cccc21. The minimum Gasteiger partial charge on any atom is -0.335 e. The van der Waals surface area contributed by atoms with Crippen molar-refractivity contribution in [3.8, 4) is 0 Å². The lowest BCUT2D eigenvalue weighted by atomic mass is 10.2. The van der Waals surface area contributed by atoms with Crippen LogP contribution < -0.4 is 11.3 Å². The van der Waals surface area contributed by atoms with E-state index in [1.54, 1.807) is 0 Å². The zero-order valence-electron chi connectivity index (χ0n) is 8.77. The number of nitrogens with zero attached hydrogens (tertiary/aromatic N) is 1. The third-order valence-corrected chi connectivity index (χ3v) is 3.34. The number of benzene rings is 1. The fraction of sp³-hybridized carbons (Fsp3) is 0.182. The summed E-state index contributed by atoms with van der Waals surface area (Å²) in [5.41, 5.74) is 3.17. The van der Waals surface area contributed by atoms with Crippen molar-refractivity contribution in [1.82, 2.24) is 9.99 Å². The van der Waals surface area contributed by atoms with E-state index >= 15 is 0 Å². The van der Waals surface area contributed by atoms with Gasteiger partial charge in [0, 0.05) is 21.6 Å². The van der Waals surface area contributed by atoms with Crippen LogP contribution in [0, 0.1) is 0 Å². The molecule has 1 heterocycles. The molecule has 0 aliphatic rings. The molecule has 1 unspecified atom stereocenters. The standard InChI is InChI=1S/C11H12BrN3O/c1-7(11(16)14-13)15-6-5-8-9(12)3-2-4-10(8)15/h2-7H,13H2,1H3,(H,14,16). The van der Waals surface area contributed by atoms with Gasteiger partial charge in [-0.3, -0.25) is 10.2 Å². The molecule has 1 amide bonds. The Hall–Kier alpha value is -1.33. The molecule has 0 fully saturated rings. The highest BCUT2D eigenvalue weighted by Crippen LogP contribution is 2.26. The van der Waals surface area contributed by atoms with Crippen LogP contribution in [-0.2, 0) is 4.79 Å². The Morgan fingerprint density at radius 1 is 1.50 bits per heavy atom. The number of rotatable bonds is 2. The molecular weight excluding hydrogens is 270 g/mol. The molecule has 2 aromatic rings. The molecule has 84 valence electrons. The van der Waals surface area contributed by atoms with Gasteiger partial charge in [0.25, 0.3) is 5.91 Å². The average Bonchev–Trinajstić information content (AvgIpc) is 2.72. The van der Waals surface area contributed by atoms with Crippen molar-refractivity contribution in [2.75, 3.05) is 0 Å². The number of nitrogens with two attached hydrogens (primary N) is 1. The van der Waals surface area contributed by atoms with E-state index in [1.807, 2.05) is 42.0 Å². The highest BCUT2D eigenvalue weighted by molar-refractivity contribution is 9.10. The Bertz CT molecular complexity index is 535. The molecule has 2 rings (SSSR count). The van der Waals surface area contributed by atoms with Crippen molar-refractivity contribution in [2.24, 2.45) is 5.84 Å². The lowest BCUT2D eigenvalue weighted by Crippen LogP contribution is -2.35. The van der Waals surface area contributed by atoms with Crippen molar-refractivity contribution in [1.29, 1.82) is 0 Å². The summed E-state index contributed by atoms with van der Waals surface area (Å²) in [6, 6.07) is 7.54. The van der Waals surface area contributed by atoms with Crippen LogP contribution in [-0.4, -0.2) is 10.5 Å². The molecule has 0 saturated heterocycles. The number of fused-ring (bicyclic) bond motifs is 1. The largest absolute Gasteiger partial charge is 0.335 e. The number of amides is 1. The number of nitrogens with one attached hydrogen (secondary N) is 1. The highest BCUT2D eigenvalue weighted by atomic mass is 79.9. The van der Waals surface area contributed by atoms with Crippen molar-refractivity contribution < 1.29 is 4.79 Å². The van der Waals surface area contributed by atoms with E-state index in [0.717, 1.165) is 15.4 Å². The Morgan fingerprint density at radius 3 is 2.94 bits per heavy atom. The normalized spacial score (nSPS) is 12.7. The second kappa shape index (κ2) is 4.27. The molecule has 1 aromatic heterocycles. The van der Waals surface area contributed by atoms with E-state index in [1.165, 1.54) is 0 Å². The number of carbonyl (C=O) groups is 1. The van der Waals surface area contributed by atoms with Gasteiger partial charge in [0.2, 0.25) is 0 Å². The maximum Gasteiger partial charge on any atom is 0.256 e. The van der Waals surface area contributed by atoms with Gasteiger partial charge in [-0.05, 0) is 25.1 Å². The van der Waals surface area contributed by atoms with Crippen LogP contribution in [0.1, 0.15) is 13.0 Å². The number of hydrogen-bond donors (Lipinski definition) is 2. The predicted molar refractivity (Wildman–Crippen MR) is 66.7 cm³/mol. The first-order valence-electron chi connectivity index (χ1n) is 4.90. The molecule has 16 heavy (non-hydrogen) atoms. The van der Waals surface area contributed by atoms with Gasteiger partial charge in [-0.15, -0.1) is 0 Å². The van der Waals surface area contributed by atoms with Crippen LogP contribution in [0.25, 0.3) is 10.9 Å². The number of halogens is 1. The minimum absolute atomic E-state index is 0.211. The summed E-state index contributed by atoms with van der Waals surface area (Å²) in [5, 5.41) is 1.08. The number of aromatic nitrogens is 1. The first-order valence-corrected chi connectivity index (χ1v) is 5.70. The molecule has 1 aromatic carbocycles. The van der Waals surface area contributed by atoms with Gasteiger partial charge >= 0.3 is 0 Å². The van der Waals surface area contributed by atoms with Gasteiger partial charge in [0.1, 0.15) is 6.04 Å². The monoisotopic (exact) mass is 281 g/mol. The summed E-state index contributed by atoms with van der Waals surface area (Å²) in [5.74, 6) is 4.92. The molecule has 4 nitrogen and oxygen atoms in total. The van der Waals surface area contributed by atoms with E-state index in [0.29, 0.717) is 0 Å². The average molecular weight is 282 g/mol. The Balaban J connectivity index is 2.54. The van der Waals surface area contributed by atoms with Crippen LogP contribution in [0.5, 0.6) is 0 Å². The van der Waals surface area contributed by atoms with Crippen LogP contribution in [0.4, 0.5) is 0 Å². The summed E-state index contributed by atoms with van der Waals surface area (Å²) >= 11 is 3.47. The first kappa shape index (κ1) is 11.2. The van der Waals surface area contributed by atoms with Gasteiger partial charge in [-0.2, -0.15) is 0 Å². The third-order valence-electron chi connectivity index (χ3n) is 2.65. The summed E-state index contributed by atoms with van der Waals surface area (Å²) in [4.78, 5) is 11.5. The van der Waals surface area contributed by atoms with Crippen LogP contribution >= 0.6 is 15.9 Å². The molecule has 3 N–H and O–H groups in total. The molecule has 0 bridgehead atoms. The van der Waals surface area contributed by atoms with Crippen LogP contribution in [0.3, 0.4) is 0 Å². The van der Waals surface area contributed by atoms with Crippen LogP contribution in [0.15, 0.2) is 34.9 Å². The third kappa shape index (κ3) is 1.72. The van der Waals surface area contributed by atoms with E-state index < -0.39 is 0 Å². The van der Waals surface area contributed by atoms with Crippen molar-refractivity contribution in [3.63, 3.8) is 0 Å². The van der Waals surface area contributed by atoms with E-state index in [-0.39, 0.29) is 11.9 Å². The van der Waals surface area contributed by atoms with E-state index in [2.05, 4.69) is 21.4 Å². The second-order valence-electron chi connectivity index (χ2n) is 3.58. The highest BCUT2D eigenvalue weighted by Gasteiger charge is 2.15. The Labute approximate surface area is 102 Å². The van der Waals surface area contributed by atoms with Crippen molar-refractivity contribution in [2.45, 2.75) is 13.0 Å². The minimum atomic E-state index is -0.322.